The highest BCUT2D eigenvalue weighted by Crippen LogP contribution is 2.36. The second-order valence-electron chi connectivity index (χ2n) is 6.53. The lowest BCUT2D eigenvalue weighted by atomic mass is 9.78. The molecule has 1 saturated heterocycles. The molecule has 0 spiro atoms. The molecule has 2 rings (SSSR count). The Morgan fingerprint density at radius 2 is 1.77 bits per heavy atom. The van der Waals surface area contributed by atoms with Gasteiger partial charge in [0.25, 0.3) is 0 Å². The molecular formula is C19H31NO2. The van der Waals surface area contributed by atoms with E-state index >= 15 is 0 Å². The molecule has 0 unspecified atom stereocenters. The summed E-state index contributed by atoms with van der Waals surface area (Å²) in [5, 5.41) is 0. The van der Waals surface area contributed by atoms with Gasteiger partial charge < -0.3 is 9.47 Å². The van der Waals surface area contributed by atoms with Gasteiger partial charge in [-0.25, -0.2) is 0 Å². The van der Waals surface area contributed by atoms with Gasteiger partial charge in [0.15, 0.2) is 11.5 Å². The fourth-order valence-corrected chi connectivity index (χ4v) is 3.11. The number of methoxy groups -OCH3 is 1. The van der Waals surface area contributed by atoms with E-state index in [1.54, 1.807) is 7.11 Å². The molecule has 1 aromatic carbocycles. The Morgan fingerprint density at radius 1 is 1.09 bits per heavy atom. The number of benzene rings is 1. The quantitative estimate of drug-likeness (QED) is 0.717. The van der Waals surface area contributed by atoms with Gasteiger partial charge in [-0.1, -0.05) is 26.8 Å². The minimum absolute atomic E-state index is 0.210. The summed E-state index contributed by atoms with van der Waals surface area (Å²) in [5.74, 6) is 1.71. The summed E-state index contributed by atoms with van der Waals surface area (Å²) in [6.45, 7) is 11.0. The molecule has 0 bridgehead atoms. The zero-order valence-electron chi connectivity index (χ0n) is 14.7. The second-order valence-corrected chi connectivity index (χ2v) is 6.53. The molecule has 22 heavy (non-hydrogen) atoms. The van der Waals surface area contributed by atoms with Crippen molar-refractivity contribution >= 4 is 0 Å². The molecule has 0 N–H and O–H groups in total. The SMILES string of the molecule is CCC(C)(CC)c1ccc(OCCN2CCCC2)c(OC)c1. The molecule has 1 heterocycles. The second kappa shape index (κ2) is 7.87. The van der Waals surface area contributed by atoms with Crippen molar-refractivity contribution in [3.05, 3.63) is 23.8 Å². The molecule has 0 amide bonds. The van der Waals surface area contributed by atoms with Gasteiger partial charge in [-0.15, -0.1) is 0 Å². The third-order valence-electron chi connectivity index (χ3n) is 5.28. The van der Waals surface area contributed by atoms with Gasteiger partial charge in [0.1, 0.15) is 6.61 Å². The first-order valence-corrected chi connectivity index (χ1v) is 8.66. The van der Waals surface area contributed by atoms with Crippen molar-refractivity contribution in [2.75, 3.05) is 33.4 Å². The summed E-state index contributed by atoms with van der Waals surface area (Å²) in [6.07, 6.45) is 4.90. The van der Waals surface area contributed by atoms with E-state index in [1.807, 2.05) is 0 Å². The van der Waals surface area contributed by atoms with Gasteiger partial charge >= 0.3 is 0 Å². The van der Waals surface area contributed by atoms with Crippen LogP contribution in [0, 0.1) is 0 Å². The van der Waals surface area contributed by atoms with Crippen LogP contribution in [0.25, 0.3) is 0 Å². The van der Waals surface area contributed by atoms with E-state index in [-0.39, 0.29) is 5.41 Å². The molecule has 0 atom stereocenters. The topological polar surface area (TPSA) is 21.7 Å². The van der Waals surface area contributed by atoms with Crippen LogP contribution < -0.4 is 9.47 Å². The number of rotatable bonds is 8. The van der Waals surface area contributed by atoms with Crippen molar-refractivity contribution in [3.8, 4) is 11.5 Å². The highest BCUT2D eigenvalue weighted by Gasteiger charge is 2.23. The lowest BCUT2D eigenvalue weighted by molar-refractivity contribution is 0.230. The number of likely N-dealkylation sites (tertiary alicyclic amines) is 1. The third-order valence-corrected chi connectivity index (χ3v) is 5.28. The van der Waals surface area contributed by atoms with E-state index in [0.29, 0.717) is 0 Å². The summed E-state index contributed by atoms with van der Waals surface area (Å²) in [7, 11) is 1.72. The van der Waals surface area contributed by atoms with Crippen molar-refractivity contribution in [1.29, 1.82) is 0 Å². The van der Waals surface area contributed by atoms with E-state index < -0.39 is 0 Å². The molecule has 0 saturated carbocycles. The molecule has 124 valence electrons. The molecule has 1 aliphatic heterocycles. The maximum atomic E-state index is 5.96. The van der Waals surface area contributed by atoms with Gasteiger partial charge in [-0.05, 0) is 61.9 Å². The maximum Gasteiger partial charge on any atom is 0.161 e. The predicted molar refractivity (Wildman–Crippen MR) is 92.1 cm³/mol. The van der Waals surface area contributed by atoms with Gasteiger partial charge in [0.05, 0.1) is 7.11 Å². The van der Waals surface area contributed by atoms with Gasteiger partial charge in [0.2, 0.25) is 0 Å². The number of nitrogens with zero attached hydrogens (tertiary/aromatic N) is 1. The van der Waals surface area contributed by atoms with E-state index in [2.05, 4.69) is 43.9 Å². The van der Waals surface area contributed by atoms with Crippen LogP contribution in [0.3, 0.4) is 0 Å². The van der Waals surface area contributed by atoms with Crippen LogP contribution in [0.5, 0.6) is 11.5 Å². The van der Waals surface area contributed by atoms with Crippen LogP contribution in [0.4, 0.5) is 0 Å². The normalized spacial score (nSPS) is 16.0. The minimum Gasteiger partial charge on any atom is -0.493 e. The number of hydrogen-bond donors (Lipinski definition) is 0. The van der Waals surface area contributed by atoms with Crippen LogP contribution in [-0.2, 0) is 5.41 Å². The smallest absolute Gasteiger partial charge is 0.161 e. The van der Waals surface area contributed by atoms with Crippen molar-refractivity contribution in [3.63, 3.8) is 0 Å². The monoisotopic (exact) mass is 305 g/mol. The van der Waals surface area contributed by atoms with Crippen LogP contribution in [-0.4, -0.2) is 38.3 Å². The minimum atomic E-state index is 0.210. The van der Waals surface area contributed by atoms with E-state index in [1.165, 1.54) is 31.5 Å². The first kappa shape index (κ1) is 17.1. The predicted octanol–water partition coefficient (Wildman–Crippen LogP) is 4.25. The standard InChI is InChI=1S/C19H31NO2/c1-5-19(3,6-2)16-9-10-17(18(15-16)21-4)22-14-13-20-11-7-8-12-20/h9-10,15H,5-8,11-14H2,1-4H3. The van der Waals surface area contributed by atoms with Gasteiger partial charge in [-0.3, -0.25) is 4.90 Å². The zero-order chi connectivity index (χ0) is 16.0. The number of ether oxygens (including phenoxy) is 2. The number of hydrogen-bond acceptors (Lipinski definition) is 3. The molecule has 1 fully saturated rings. The highest BCUT2D eigenvalue weighted by molar-refractivity contribution is 5.45. The van der Waals surface area contributed by atoms with E-state index in [4.69, 9.17) is 9.47 Å². The maximum absolute atomic E-state index is 5.96. The summed E-state index contributed by atoms with van der Waals surface area (Å²) in [6, 6.07) is 6.42. The molecule has 0 aromatic heterocycles. The molecule has 1 aromatic rings. The van der Waals surface area contributed by atoms with Crippen molar-refractivity contribution < 1.29 is 9.47 Å². The Labute approximate surface area is 135 Å². The summed E-state index contributed by atoms with van der Waals surface area (Å²) in [5.41, 5.74) is 1.54. The Hall–Kier alpha value is -1.22. The van der Waals surface area contributed by atoms with Gasteiger partial charge in [0, 0.05) is 6.54 Å². The van der Waals surface area contributed by atoms with Crippen LogP contribution in [0.2, 0.25) is 0 Å². The summed E-state index contributed by atoms with van der Waals surface area (Å²) < 4.78 is 11.5. The zero-order valence-corrected chi connectivity index (χ0v) is 14.7. The molecular weight excluding hydrogens is 274 g/mol. The Bertz CT molecular complexity index is 463. The Balaban J connectivity index is 2.02. The first-order valence-electron chi connectivity index (χ1n) is 8.66. The molecule has 1 aliphatic rings. The van der Waals surface area contributed by atoms with Crippen molar-refractivity contribution in [2.45, 2.75) is 51.9 Å². The lowest BCUT2D eigenvalue weighted by Crippen LogP contribution is -2.25. The van der Waals surface area contributed by atoms with Crippen LogP contribution in [0.1, 0.15) is 52.0 Å². The van der Waals surface area contributed by atoms with Crippen LogP contribution >= 0.6 is 0 Å². The Kier molecular flexibility index (Phi) is 6.13. The highest BCUT2D eigenvalue weighted by atomic mass is 16.5. The third kappa shape index (κ3) is 3.95. The average Bonchev–Trinajstić information content (AvgIpc) is 3.07. The molecule has 3 nitrogen and oxygen atoms in total. The van der Waals surface area contributed by atoms with Crippen molar-refractivity contribution in [1.82, 2.24) is 4.90 Å². The van der Waals surface area contributed by atoms with Crippen LogP contribution in [0.15, 0.2) is 18.2 Å². The summed E-state index contributed by atoms with van der Waals surface area (Å²) in [4.78, 5) is 2.46. The Morgan fingerprint density at radius 3 is 2.36 bits per heavy atom. The average molecular weight is 305 g/mol. The first-order chi connectivity index (χ1) is 10.6. The largest absolute Gasteiger partial charge is 0.493 e. The molecule has 0 aliphatic carbocycles. The lowest BCUT2D eigenvalue weighted by Gasteiger charge is -2.28. The van der Waals surface area contributed by atoms with E-state index in [0.717, 1.165) is 37.5 Å². The molecule has 3 heteroatoms. The van der Waals surface area contributed by atoms with Crippen molar-refractivity contribution in [2.24, 2.45) is 0 Å². The fraction of sp³-hybridized carbons (Fsp3) is 0.684. The molecule has 0 radical (unpaired) electrons. The van der Waals surface area contributed by atoms with Gasteiger partial charge in [-0.2, -0.15) is 0 Å². The fourth-order valence-electron chi connectivity index (χ4n) is 3.11. The van der Waals surface area contributed by atoms with E-state index in [9.17, 15) is 0 Å². The summed E-state index contributed by atoms with van der Waals surface area (Å²) >= 11 is 0.